The Balaban J connectivity index is 1.95. The minimum atomic E-state index is -1.40. The smallest absolute Gasteiger partial charge is 0.326 e. The molecule has 3 amide bonds. The largest absolute Gasteiger partial charge is 0.480 e. The van der Waals surface area contributed by atoms with Crippen molar-refractivity contribution in [1.82, 2.24) is 10.2 Å². The maximum absolute atomic E-state index is 12.5. The summed E-state index contributed by atoms with van der Waals surface area (Å²) < 4.78 is 0.321. The number of carbonyl (C=O) groups is 4. The summed E-state index contributed by atoms with van der Waals surface area (Å²) in [5, 5.41) is 11.2. The molecular weight excluding hydrogens is 390 g/mol. The monoisotopic (exact) mass is 407 g/mol. The lowest BCUT2D eigenvalue weighted by atomic mass is 10.2. The van der Waals surface area contributed by atoms with Gasteiger partial charge >= 0.3 is 5.97 Å². The number of carboxylic acids is 1. The fraction of sp³-hybridized carbons (Fsp3) is 0.235. The van der Waals surface area contributed by atoms with Crippen molar-refractivity contribution in [2.45, 2.75) is 18.9 Å². The summed E-state index contributed by atoms with van der Waals surface area (Å²) in [4.78, 5) is 48.1. The Morgan fingerprint density at radius 3 is 2.56 bits per heavy atom. The highest BCUT2D eigenvalue weighted by molar-refractivity contribution is 8.26. The molecule has 1 saturated heterocycles. The number of rotatable bonds is 8. The minimum absolute atomic E-state index is 0.00550. The second kappa shape index (κ2) is 9.28. The van der Waals surface area contributed by atoms with Gasteiger partial charge in [-0.3, -0.25) is 19.3 Å². The zero-order chi connectivity index (χ0) is 20.0. The molecule has 1 aliphatic heterocycles. The molecule has 0 bridgehead atoms. The number of aliphatic carboxylic acids is 1. The van der Waals surface area contributed by atoms with E-state index in [1.165, 1.54) is 4.90 Å². The molecule has 1 fully saturated rings. The second-order valence-electron chi connectivity index (χ2n) is 5.62. The summed E-state index contributed by atoms with van der Waals surface area (Å²) >= 11 is 6.33. The van der Waals surface area contributed by atoms with Crippen LogP contribution in [0.25, 0.3) is 6.08 Å². The van der Waals surface area contributed by atoms with Crippen LogP contribution in [-0.4, -0.2) is 50.6 Å². The number of thioether (sulfide) groups is 1. The van der Waals surface area contributed by atoms with E-state index < -0.39 is 30.2 Å². The van der Waals surface area contributed by atoms with Crippen molar-refractivity contribution in [2.75, 3.05) is 6.54 Å². The van der Waals surface area contributed by atoms with E-state index in [-0.39, 0.29) is 18.9 Å². The first-order valence-corrected chi connectivity index (χ1v) is 9.11. The number of hydrogen-bond donors (Lipinski definition) is 3. The van der Waals surface area contributed by atoms with Gasteiger partial charge in [-0.25, -0.2) is 4.79 Å². The molecule has 1 aliphatic rings. The first-order valence-electron chi connectivity index (χ1n) is 7.89. The number of nitrogens with zero attached hydrogens (tertiary/aromatic N) is 1. The molecule has 4 N–H and O–H groups in total. The van der Waals surface area contributed by atoms with Gasteiger partial charge in [0.1, 0.15) is 10.4 Å². The van der Waals surface area contributed by atoms with E-state index in [9.17, 15) is 19.2 Å². The number of carboxylic acid groups (broad SMARTS) is 1. The minimum Gasteiger partial charge on any atom is -0.480 e. The van der Waals surface area contributed by atoms with Crippen LogP contribution in [0.3, 0.4) is 0 Å². The van der Waals surface area contributed by atoms with Gasteiger partial charge in [-0.15, -0.1) is 0 Å². The first kappa shape index (κ1) is 20.6. The Bertz CT molecular complexity index is 810. The molecule has 1 heterocycles. The van der Waals surface area contributed by atoms with E-state index >= 15 is 0 Å². The van der Waals surface area contributed by atoms with Crippen molar-refractivity contribution in [3.63, 3.8) is 0 Å². The second-order valence-corrected chi connectivity index (χ2v) is 7.30. The van der Waals surface area contributed by atoms with Gasteiger partial charge in [0.05, 0.1) is 11.3 Å². The number of carbonyl (C=O) groups excluding carboxylic acids is 3. The van der Waals surface area contributed by atoms with Crippen LogP contribution in [0.2, 0.25) is 0 Å². The first-order chi connectivity index (χ1) is 12.8. The van der Waals surface area contributed by atoms with E-state index in [1.54, 1.807) is 6.08 Å². The zero-order valence-electron chi connectivity index (χ0n) is 14.1. The van der Waals surface area contributed by atoms with E-state index in [0.29, 0.717) is 9.23 Å². The zero-order valence-corrected chi connectivity index (χ0v) is 15.7. The molecule has 1 unspecified atom stereocenters. The van der Waals surface area contributed by atoms with Crippen LogP contribution in [-0.2, 0) is 19.2 Å². The van der Waals surface area contributed by atoms with Crippen LogP contribution in [0, 0.1) is 0 Å². The van der Waals surface area contributed by atoms with E-state index in [2.05, 4.69) is 5.32 Å². The Kier molecular flexibility index (Phi) is 7.08. The van der Waals surface area contributed by atoms with E-state index in [0.717, 1.165) is 17.3 Å². The molecule has 0 aliphatic carbocycles. The fourth-order valence-corrected chi connectivity index (χ4v) is 3.58. The van der Waals surface area contributed by atoms with Crippen LogP contribution in [0.5, 0.6) is 0 Å². The van der Waals surface area contributed by atoms with Crippen molar-refractivity contribution in [3.8, 4) is 0 Å². The standard InChI is InChI=1S/C17H17N3O5S2/c18-13(21)9-11(16(24)25)19-14(22)6-7-20-15(23)12(27-17(20)26)8-10-4-2-1-3-5-10/h1-5,8,11H,6-7,9H2,(H2,18,21)(H,19,22)(H,24,25)/b12-8+. The predicted octanol–water partition coefficient (Wildman–Crippen LogP) is 0.723. The molecule has 8 nitrogen and oxygen atoms in total. The van der Waals surface area contributed by atoms with Crippen LogP contribution in [0.15, 0.2) is 35.2 Å². The van der Waals surface area contributed by atoms with Crippen molar-refractivity contribution < 1.29 is 24.3 Å². The number of thiocarbonyl (C=S) groups is 1. The van der Waals surface area contributed by atoms with Crippen LogP contribution in [0.4, 0.5) is 0 Å². The summed E-state index contributed by atoms with van der Waals surface area (Å²) in [5.41, 5.74) is 5.82. The molecule has 1 atom stereocenters. The van der Waals surface area contributed by atoms with Gasteiger partial charge in [0.15, 0.2) is 0 Å². The third-order valence-corrected chi connectivity index (χ3v) is 4.95. The molecule has 2 rings (SSSR count). The average Bonchev–Trinajstić information content (AvgIpc) is 2.86. The third kappa shape index (κ3) is 5.90. The molecular formula is C17H17N3O5S2. The average molecular weight is 407 g/mol. The molecule has 1 aromatic rings. The molecule has 0 aromatic heterocycles. The summed E-state index contributed by atoms with van der Waals surface area (Å²) in [6.07, 6.45) is 1.04. The van der Waals surface area contributed by atoms with Crippen molar-refractivity contribution in [3.05, 3.63) is 40.8 Å². The fourth-order valence-electron chi connectivity index (χ4n) is 2.27. The topological polar surface area (TPSA) is 130 Å². The Morgan fingerprint density at radius 1 is 1.30 bits per heavy atom. The summed E-state index contributed by atoms with van der Waals surface area (Å²) in [7, 11) is 0. The normalized spacial score (nSPS) is 16.4. The lowest BCUT2D eigenvalue weighted by Gasteiger charge is -2.16. The number of nitrogens with two attached hydrogens (primary N) is 1. The Labute approximate surface area is 164 Å². The number of hydrogen-bond acceptors (Lipinski definition) is 6. The summed E-state index contributed by atoms with van der Waals surface area (Å²) in [6, 6.07) is 7.86. The summed E-state index contributed by atoms with van der Waals surface area (Å²) in [5.74, 6) is -3.14. The van der Waals surface area contributed by atoms with E-state index in [4.69, 9.17) is 23.1 Å². The number of primary amides is 1. The van der Waals surface area contributed by atoms with Gasteiger partial charge in [0, 0.05) is 13.0 Å². The van der Waals surface area contributed by atoms with Crippen molar-refractivity contribution in [1.29, 1.82) is 0 Å². The van der Waals surface area contributed by atoms with Crippen LogP contribution < -0.4 is 11.1 Å². The predicted molar refractivity (Wildman–Crippen MR) is 104 cm³/mol. The van der Waals surface area contributed by atoms with Gasteiger partial charge in [-0.05, 0) is 11.6 Å². The lowest BCUT2D eigenvalue weighted by Crippen LogP contribution is -2.44. The molecule has 0 saturated carbocycles. The van der Waals surface area contributed by atoms with Gasteiger partial charge < -0.3 is 16.2 Å². The quantitative estimate of drug-likeness (QED) is 0.428. The molecule has 142 valence electrons. The third-order valence-electron chi connectivity index (χ3n) is 3.57. The van der Waals surface area contributed by atoms with Crippen molar-refractivity contribution in [2.24, 2.45) is 5.73 Å². The highest BCUT2D eigenvalue weighted by Crippen LogP contribution is 2.32. The van der Waals surface area contributed by atoms with Gasteiger partial charge in [-0.1, -0.05) is 54.3 Å². The molecule has 0 radical (unpaired) electrons. The Morgan fingerprint density at radius 2 is 1.96 bits per heavy atom. The maximum Gasteiger partial charge on any atom is 0.326 e. The highest BCUT2D eigenvalue weighted by atomic mass is 32.2. The van der Waals surface area contributed by atoms with Crippen LogP contribution >= 0.6 is 24.0 Å². The van der Waals surface area contributed by atoms with Gasteiger partial charge in [0.2, 0.25) is 11.8 Å². The molecule has 27 heavy (non-hydrogen) atoms. The van der Waals surface area contributed by atoms with Crippen molar-refractivity contribution >= 4 is 58.1 Å². The Hall–Kier alpha value is -2.72. The van der Waals surface area contributed by atoms with Crippen LogP contribution in [0.1, 0.15) is 18.4 Å². The molecule has 0 spiro atoms. The maximum atomic E-state index is 12.5. The van der Waals surface area contributed by atoms with Gasteiger partial charge in [-0.2, -0.15) is 0 Å². The summed E-state index contributed by atoms with van der Waals surface area (Å²) in [6.45, 7) is 0.00550. The lowest BCUT2D eigenvalue weighted by molar-refractivity contribution is -0.143. The number of nitrogens with one attached hydrogen (secondary N) is 1. The number of benzene rings is 1. The molecule has 10 heteroatoms. The molecule has 1 aromatic carbocycles. The number of amides is 3. The highest BCUT2D eigenvalue weighted by Gasteiger charge is 2.32. The van der Waals surface area contributed by atoms with Gasteiger partial charge in [0.25, 0.3) is 5.91 Å². The van der Waals surface area contributed by atoms with E-state index in [1.807, 2.05) is 30.3 Å². The SMILES string of the molecule is NC(=O)CC(NC(=O)CCN1C(=O)/C(=C\c2ccccc2)SC1=S)C(=O)O.